The van der Waals surface area contributed by atoms with Crippen molar-refractivity contribution in [3.05, 3.63) is 115 Å². The summed E-state index contributed by atoms with van der Waals surface area (Å²) >= 11 is 0. The largest absolute Gasteiger partial charge is 0.416 e. The Morgan fingerprint density at radius 1 is 0.577 bits per heavy atom. The fourth-order valence-electron chi connectivity index (χ4n) is 5.39. The number of aryl methyl sites for hydroxylation is 2. The zero-order chi connectivity index (χ0) is 38.4. The van der Waals surface area contributed by atoms with E-state index in [1.807, 2.05) is 0 Å². The van der Waals surface area contributed by atoms with Crippen LogP contribution < -0.4 is 11.1 Å². The summed E-state index contributed by atoms with van der Waals surface area (Å²) in [7, 11) is 0. The van der Waals surface area contributed by atoms with Crippen LogP contribution in [0.25, 0.3) is 22.1 Å². The molecule has 0 radical (unpaired) electrons. The first-order valence-electron chi connectivity index (χ1n) is 15.1. The summed E-state index contributed by atoms with van der Waals surface area (Å²) in [6, 6.07) is 7.14. The Morgan fingerprint density at radius 3 is 1.15 bits per heavy atom. The van der Waals surface area contributed by atoms with Crippen molar-refractivity contribution >= 4 is 22.1 Å². The van der Waals surface area contributed by atoms with E-state index >= 15 is 0 Å². The molecule has 6 aromatic rings. The van der Waals surface area contributed by atoms with E-state index < -0.39 is 70.9 Å². The molecule has 0 saturated heterocycles. The Hall–Kier alpha value is -5.56. The minimum Gasteiger partial charge on any atom is -0.310 e. The third kappa shape index (κ3) is 7.40. The topological polar surface area (TPSA) is 127 Å². The molecule has 2 N–H and O–H groups in total. The predicted octanol–water partition coefficient (Wildman–Crippen LogP) is 7.99. The summed E-state index contributed by atoms with van der Waals surface area (Å²) in [5, 5.41) is 6.94. The highest BCUT2D eigenvalue weighted by Crippen LogP contribution is 2.34. The number of nitrogens with zero attached hydrogens (tertiary/aromatic N) is 6. The van der Waals surface area contributed by atoms with E-state index in [9.17, 15) is 53.5 Å². The number of nitrogens with one attached hydrogen (secondary N) is 2. The average molecular weight is 745 g/mol. The molecule has 0 bridgehead atoms. The number of rotatable bonds is 6. The second kappa shape index (κ2) is 13.9. The molecule has 276 valence electrons. The van der Waals surface area contributed by atoms with Gasteiger partial charge >= 0.3 is 12.4 Å². The number of hydrogen-bond acceptors (Lipinski definition) is 6. The number of fused-ring (bicyclic) bond motifs is 2. The molecule has 0 aliphatic heterocycles. The van der Waals surface area contributed by atoms with Crippen molar-refractivity contribution in [3.63, 3.8) is 0 Å². The minimum absolute atomic E-state index is 0.0473. The molecule has 0 aliphatic carbocycles. The molecule has 4 aromatic heterocycles. The molecule has 20 heteroatoms. The molecule has 10 nitrogen and oxygen atoms in total. The van der Waals surface area contributed by atoms with Crippen LogP contribution in [0, 0.1) is 13.8 Å². The van der Waals surface area contributed by atoms with Gasteiger partial charge in [0.05, 0.1) is 23.2 Å². The van der Waals surface area contributed by atoms with Gasteiger partial charge in [0.25, 0.3) is 24.0 Å². The molecular formula is C32H26F10N8O2. The van der Waals surface area contributed by atoms with Gasteiger partial charge < -0.3 is 9.97 Å². The van der Waals surface area contributed by atoms with Crippen LogP contribution in [0.3, 0.4) is 0 Å². The van der Waals surface area contributed by atoms with Gasteiger partial charge in [0.1, 0.15) is 33.8 Å². The summed E-state index contributed by atoms with van der Waals surface area (Å²) < 4.78 is 131. The predicted molar refractivity (Wildman–Crippen MR) is 166 cm³/mol. The zero-order valence-electron chi connectivity index (χ0n) is 27.2. The van der Waals surface area contributed by atoms with E-state index in [0.29, 0.717) is 11.1 Å². The number of benzene rings is 2. The Morgan fingerprint density at radius 2 is 0.885 bits per heavy atom. The highest BCUT2D eigenvalue weighted by atomic mass is 19.4. The summed E-state index contributed by atoms with van der Waals surface area (Å²) in [6.07, 6.45) is -14.9. The van der Waals surface area contributed by atoms with Gasteiger partial charge in [-0.2, -0.15) is 36.5 Å². The molecule has 0 amide bonds. The molecule has 0 saturated carbocycles. The fraction of sp³-hybridized carbons (Fsp3) is 0.312. The fourth-order valence-corrected chi connectivity index (χ4v) is 5.39. The van der Waals surface area contributed by atoms with Crippen molar-refractivity contribution in [1.29, 1.82) is 0 Å². The number of H-pyrrole nitrogens is 2. The normalized spacial score (nSPS) is 13.5. The Balaban J connectivity index is 0.000000201. The summed E-state index contributed by atoms with van der Waals surface area (Å²) in [4.78, 5) is 36.9. The van der Waals surface area contributed by atoms with Crippen LogP contribution in [-0.2, 0) is 12.4 Å². The first-order valence-corrected chi connectivity index (χ1v) is 15.1. The molecule has 0 unspecified atom stereocenters. The maximum absolute atomic E-state index is 13.3. The van der Waals surface area contributed by atoms with E-state index in [2.05, 4.69) is 30.1 Å². The van der Waals surface area contributed by atoms with Gasteiger partial charge in [-0.3, -0.25) is 9.59 Å². The third-order valence-electron chi connectivity index (χ3n) is 8.00. The highest BCUT2D eigenvalue weighted by molar-refractivity contribution is 5.78. The van der Waals surface area contributed by atoms with Gasteiger partial charge in [-0.1, -0.05) is 24.3 Å². The van der Waals surface area contributed by atoms with E-state index in [1.165, 1.54) is 38.1 Å². The van der Waals surface area contributed by atoms with Crippen LogP contribution in [0.4, 0.5) is 43.9 Å². The van der Waals surface area contributed by atoms with Crippen LogP contribution in [-0.4, -0.2) is 39.5 Å². The van der Waals surface area contributed by atoms with Crippen molar-refractivity contribution in [3.8, 4) is 0 Å². The number of alkyl halides is 10. The van der Waals surface area contributed by atoms with Gasteiger partial charge in [-0.25, -0.2) is 36.9 Å². The van der Waals surface area contributed by atoms with Crippen molar-refractivity contribution in [2.75, 3.05) is 0 Å². The van der Waals surface area contributed by atoms with Crippen molar-refractivity contribution in [2.45, 2.75) is 65.0 Å². The maximum Gasteiger partial charge on any atom is 0.416 e. The third-order valence-corrected chi connectivity index (χ3v) is 8.00. The Labute approximate surface area is 285 Å². The van der Waals surface area contributed by atoms with Gasteiger partial charge in [-0.05, 0) is 63.1 Å². The average Bonchev–Trinajstić information content (AvgIpc) is 3.64. The first-order chi connectivity index (χ1) is 24.2. The van der Waals surface area contributed by atoms with Crippen LogP contribution in [0.1, 0.15) is 84.1 Å². The lowest BCUT2D eigenvalue weighted by molar-refractivity contribution is -0.138. The molecule has 6 rings (SSSR count). The lowest BCUT2D eigenvalue weighted by Gasteiger charge is -2.15. The smallest absolute Gasteiger partial charge is 0.310 e. The van der Waals surface area contributed by atoms with Crippen molar-refractivity contribution < 1.29 is 43.9 Å². The van der Waals surface area contributed by atoms with E-state index in [0.717, 1.165) is 33.6 Å². The minimum atomic E-state index is -4.48. The molecule has 52 heavy (non-hydrogen) atoms. The molecule has 2 aromatic carbocycles. The molecule has 0 aliphatic rings. The van der Waals surface area contributed by atoms with Gasteiger partial charge in [0.2, 0.25) is 0 Å². The summed E-state index contributed by atoms with van der Waals surface area (Å²) in [6.45, 7) is 6.12. The van der Waals surface area contributed by atoms with Gasteiger partial charge in [0.15, 0.2) is 11.3 Å². The first kappa shape index (κ1) is 37.7. The van der Waals surface area contributed by atoms with Crippen LogP contribution >= 0.6 is 0 Å². The highest BCUT2D eigenvalue weighted by Gasteiger charge is 2.32. The van der Waals surface area contributed by atoms with Gasteiger partial charge in [0, 0.05) is 0 Å². The molecule has 0 spiro atoms. The Bertz CT molecular complexity index is 2170. The SMILES string of the molecule is Cc1nc2c(c(C(F)F)nn2[C@@H](C)c2ccc(C(F)(F)F)cc2)c(=O)[nH]1.Cc1nc2c(c(C(F)F)nn2[C@H](C)c2ccc(C(F)(F)F)cc2)c(=O)[nH]1. The lowest BCUT2D eigenvalue weighted by Crippen LogP contribution is -2.13. The lowest BCUT2D eigenvalue weighted by atomic mass is 10.1. The van der Waals surface area contributed by atoms with E-state index in [-0.39, 0.29) is 33.7 Å². The number of aromatic amines is 2. The maximum atomic E-state index is 13.3. The number of aromatic nitrogens is 8. The van der Waals surface area contributed by atoms with Crippen LogP contribution in [0.2, 0.25) is 0 Å². The number of hydrogen-bond donors (Lipinski definition) is 2. The monoisotopic (exact) mass is 744 g/mol. The van der Waals surface area contributed by atoms with E-state index in [1.54, 1.807) is 13.8 Å². The van der Waals surface area contributed by atoms with E-state index in [4.69, 9.17) is 0 Å². The summed E-state index contributed by atoms with van der Waals surface area (Å²) in [5.41, 5.74) is -3.84. The molecular weight excluding hydrogens is 718 g/mol. The van der Waals surface area contributed by atoms with Crippen LogP contribution in [0.15, 0.2) is 58.1 Å². The molecule has 4 heterocycles. The quantitative estimate of drug-likeness (QED) is 0.167. The van der Waals surface area contributed by atoms with Crippen molar-refractivity contribution in [2.24, 2.45) is 0 Å². The Kier molecular flexibility index (Phi) is 10.1. The zero-order valence-corrected chi connectivity index (χ0v) is 27.2. The van der Waals surface area contributed by atoms with Crippen LogP contribution in [0.5, 0.6) is 0 Å². The van der Waals surface area contributed by atoms with Crippen molar-refractivity contribution in [1.82, 2.24) is 39.5 Å². The number of halogens is 10. The van der Waals surface area contributed by atoms with Gasteiger partial charge in [-0.15, -0.1) is 0 Å². The second-order valence-corrected chi connectivity index (χ2v) is 11.6. The molecule has 2 atom stereocenters. The standard InChI is InChI=1S/2C16H13F5N4O/c2*1-7(9-3-5-10(6-4-9)16(19,20)21)25-14-11(12(24-25)13(17)18)15(26)23-8(2)22-14/h2*3-7,13H,1-2H3,(H,22,23,26)/t2*7-/m10/s1. The summed E-state index contributed by atoms with van der Waals surface area (Å²) in [5.74, 6) is 0.424. The second-order valence-electron chi connectivity index (χ2n) is 11.6. The molecule has 0 fully saturated rings.